The Bertz CT molecular complexity index is 1660. The third kappa shape index (κ3) is 7.25. The summed E-state index contributed by atoms with van der Waals surface area (Å²) in [6.07, 6.45) is 0.984. The molecule has 1 unspecified atom stereocenters. The van der Waals surface area contributed by atoms with Crippen LogP contribution in [0.3, 0.4) is 0 Å². The van der Waals surface area contributed by atoms with Gasteiger partial charge in [0.1, 0.15) is 5.82 Å². The van der Waals surface area contributed by atoms with Gasteiger partial charge < -0.3 is 25.2 Å². The SMILES string of the molecule is COCC(C)Nc1cc(N(C)CCCN(C)C)ccc1C(=O)Nc1n[nH]c2ccc(S(=O)(=O)c3cccc(F)c3)cc12. The van der Waals surface area contributed by atoms with Crippen molar-refractivity contribution in [3.05, 3.63) is 72.0 Å². The van der Waals surface area contributed by atoms with Gasteiger partial charge in [-0.05, 0) is 88.6 Å². The second-order valence-electron chi connectivity index (χ2n) is 10.5. The maximum atomic E-state index is 13.7. The zero-order chi connectivity index (χ0) is 30.4. The minimum absolute atomic E-state index is 0.0464. The van der Waals surface area contributed by atoms with Gasteiger partial charge in [-0.1, -0.05) is 6.07 Å². The molecule has 1 amide bonds. The number of sulfone groups is 1. The van der Waals surface area contributed by atoms with Crippen molar-refractivity contribution < 1.29 is 22.3 Å². The van der Waals surface area contributed by atoms with Crippen LogP contribution < -0.4 is 15.5 Å². The van der Waals surface area contributed by atoms with Crippen LogP contribution >= 0.6 is 0 Å². The first-order chi connectivity index (χ1) is 20.0. The lowest BCUT2D eigenvalue weighted by atomic mass is 10.1. The normalized spacial score (nSPS) is 12.5. The van der Waals surface area contributed by atoms with Crippen molar-refractivity contribution in [1.82, 2.24) is 15.1 Å². The van der Waals surface area contributed by atoms with Crippen molar-refractivity contribution in [2.24, 2.45) is 0 Å². The molecule has 0 fully saturated rings. The summed E-state index contributed by atoms with van der Waals surface area (Å²) in [5.74, 6) is -0.897. The molecule has 0 aliphatic heterocycles. The third-order valence-electron chi connectivity index (χ3n) is 6.79. The quantitative estimate of drug-likeness (QED) is 0.205. The first-order valence-corrected chi connectivity index (χ1v) is 15.0. The van der Waals surface area contributed by atoms with E-state index in [2.05, 4.69) is 30.6 Å². The van der Waals surface area contributed by atoms with Crippen LogP contribution in [-0.4, -0.2) is 83.4 Å². The fraction of sp³-hybridized carbons (Fsp3) is 0.333. The largest absolute Gasteiger partial charge is 0.383 e. The number of rotatable bonds is 13. The van der Waals surface area contributed by atoms with Crippen molar-refractivity contribution in [1.29, 1.82) is 0 Å². The maximum Gasteiger partial charge on any atom is 0.258 e. The number of H-pyrrole nitrogens is 1. The van der Waals surface area contributed by atoms with E-state index in [9.17, 15) is 17.6 Å². The highest BCUT2D eigenvalue weighted by Crippen LogP contribution is 2.30. The van der Waals surface area contributed by atoms with Gasteiger partial charge in [-0.25, -0.2) is 12.8 Å². The molecule has 12 heteroatoms. The first kappa shape index (κ1) is 30.9. The lowest BCUT2D eigenvalue weighted by Crippen LogP contribution is -2.25. The number of aromatic amines is 1. The highest BCUT2D eigenvalue weighted by molar-refractivity contribution is 7.91. The molecule has 42 heavy (non-hydrogen) atoms. The van der Waals surface area contributed by atoms with Crippen LogP contribution in [0.5, 0.6) is 0 Å². The molecule has 0 spiro atoms. The summed E-state index contributed by atoms with van der Waals surface area (Å²) in [5.41, 5.74) is 2.51. The van der Waals surface area contributed by atoms with Gasteiger partial charge >= 0.3 is 0 Å². The van der Waals surface area contributed by atoms with Crippen LogP contribution in [0.1, 0.15) is 23.7 Å². The lowest BCUT2D eigenvalue weighted by molar-refractivity contribution is 0.102. The number of aromatic nitrogens is 2. The van der Waals surface area contributed by atoms with E-state index in [1.807, 2.05) is 40.2 Å². The van der Waals surface area contributed by atoms with Crippen LogP contribution in [0, 0.1) is 5.82 Å². The molecule has 0 aliphatic carbocycles. The predicted octanol–water partition coefficient (Wildman–Crippen LogP) is 4.62. The van der Waals surface area contributed by atoms with Crippen molar-refractivity contribution in [3.63, 3.8) is 0 Å². The minimum atomic E-state index is -4.00. The molecule has 0 radical (unpaired) electrons. The number of hydrogen-bond donors (Lipinski definition) is 3. The van der Waals surface area contributed by atoms with E-state index in [1.165, 1.54) is 30.3 Å². The molecule has 10 nitrogen and oxygen atoms in total. The number of carbonyl (C=O) groups excluding carboxylic acids is 1. The van der Waals surface area contributed by atoms with E-state index < -0.39 is 21.6 Å². The van der Waals surface area contributed by atoms with Gasteiger partial charge in [0, 0.05) is 43.5 Å². The minimum Gasteiger partial charge on any atom is -0.383 e. The summed E-state index contributed by atoms with van der Waals surface area (Å²) in [6.45, 7) is 4.21. The maximum absolute atomic E-state index is 13.7. The molecule has 3 aromatic carbocycles. The molecule has 0 aliphatic rings. The number of fused-ring (bicyclic) bond motifs is 1. The second kappa shape index (κ2) is 13.3. The third-order valence-corrected chi connectivity index (χ3v) is 8.54. The Morgan fingerprint density at radius 1 is 1.05 bits per heavy atom. The van der Waals surface area contributed by atoms with Crippen LogP contribution in [0.4, 0.5) is 21.6 Å². The number of nitrogens with zero attached hydrogens (tertiary/aromatic N) is 3. The Kier molecular flexibility index (Phi) is 9.81. The molecular formula is C30H37FN6O4S. The summed E-state index contributed by atoms with van der Waals surface area (Å²) in [4.78, 5) is 17.6. The molecule has 4 aromatic rings. The number of amides is 1. The summed E-state index contributed by atoms with van der Waals surface area (Å²) >= 11 is 0. The second-order valence-corrected chi connectivity index (χ2v) is 12.5. The topological polar surface area (TPSA) is 120 Å². The van der Waals surface area contributed by atoms with Gasteiger partial charge in [0.15, 0.2) is 5.82 Å². The van der Waals surface area contributed by atoms with E-state index in [1.54, 1.807) is 19.2 Å². The Balaban J connectivity index is 1.63. The number of methoxy groups -OCH3 is 1. The molecule has 4 rings (SSSR count). The van der Waals surface area contributed by atoms with Gasteiger partial charge in [-0.2, -0.15) is 5.10 Å². The summed E-state index contributed by atoms with van der Waals surface area (Å²) in [7, 11) is 3.71. The number of carbonyl (C=O) groups is 1. The number of anilines is 3. The van der Waals surface area contributed by atoms with E-state index in [-0.39, 0.29) is 21.7 Å². The molecular weight excluding hydrogens is 559 g/mol. The average Bonchev–Trinajstić information content (AvgIpc) is 3.34. The Labute approximate surface area is 245 Å². The van der Waals surface area contributed by atoms with E-state index in [0.29, 0.717) is 28.8 Å². The average molecular weight is 597 g/mol. The van der Waals surface area contributed by atoms with Crippen molar-refractivity contribution in [3.8, 4) is 0 Å². The van der Waals surface area contributed by atoms with Crippen LogP contribution in [0.25, 0.3) is 10.9 Å². The van der Waals surface area contributed by atoms with Crippen LogP contribution in [0.2, 0.25) is 0 Å². The Hall–Kier alpha value is -4.00. The predicted molar refractivity (Wildman–Crippen MR) is 164 cm³/mol. The standard InChI is InChI=1S/C30H37FN6O4S/c1-20(19-41-5)32-28-17-22(37(4)15-7-14-36(2)3)10-12-25(28)30(38)33-29-26-18-24(11-13-27(26)34-35-29)42(39,40)23-9-6-8-21(31)16-23/h6,8-13,16-18,20,32H,7,14-15,19H2,1-5H3,(H2,33,34,35,38). The molecule has 0 saturated heterocycles. The monoisotopic (exact) mass is 596 g/mol. The zero-order valence-electron chi connectivity index (χ0n) is 24.4. The van der Waals surface area contributed by atoms with Gasteiger partial charge in [-0.15, -0.1) is 0 Å². The van der Waals surface area contributed by atoms with Crippen molar-refractivity contribution in [2.75, 3.05) is 63.5 Å². The van der Waals surface area contributed by atoms with Gasteiger partial charge in [0.2, 0.25) is 9.84 Å². The number of benzene rings is 3. The molecule has 1 heterocycles. The first-order valence-electron chi connectivity index (χ1n) is 13.5. The zero-order valence-corrected chi connectivity index (χ0v) is 25.3. The van der Waals surface area contributed by atoms with Gasteiger partial charge in [-0.3, -0.25) is 9.89 Å². The Morgan fingerprint density at radius 2 is 1.81 bits per heavy atom. The number of halogens is 1. The van der Waals surface area contributed by atoms with E-state index in [4.69, 9.17) is 4.74 Å². The molecule has 3 N–H and O–H groups in total. The number of nitrogens with one attached hydrogen (secondary N) is 3. The fourth-order valence-electron chi connectivity index (χ4n) is 4.60. The molecule has 1 aromatic heterocycles. The van der Waals surface area contributed by atoms with E-state index >= 15 is 0 Å². The summed E-state index contributed by atoms with van der Waals surface area (Å²) < 4.78 is 45.4. The van der Waals surface area contributed by atoms with E-state index in [0.717, 1.165) is 31.3 Å². The molecule has 1 atom stereocenters. The van der Waals surface area contributed by atoms with Crippen molar-refractivity contribution >= 4 is 43.8 Å². The van der Waals surface area contributed by atoms with Gasteiger partial charge in [0.25, 0.3) is 5.91 Å². The Morgan fingerprint density at radius 3 is 2.52 bits per heavy atom. The number of hydrogen-bond acceptors (Lipinski definition) is 8. The van der Waals surface area contributed by atoms with Crippen LogP contribution in [-0.2, 0) is 14.6 Å². The molecule has 0 saturated carbocycles. The highest BCUT2D eigenvalue weighted by Gasteiger charge is 2.22. The fourth-order valence-corrected chi connectivity index (χ4v) is 5.92. The number of ether oxygens (including phenoxy) is 1. The summed E-state index contributed by atoms with van der Waals surface area (Å²) in [5, 5.41) is 13.6. The van der Waals surface area contributed by atoms with Crippen LogP contribution in [0.15, 0.2) is 70.5 Å². The highest BCUT2D eigenvalue weighted by atomic mass is 32.2. The smallest absolute Gasteiger partial charge is 0.258 e. The molecule has 0 bridgehead atoms. The molecule has 224 valence electrons. The lowest BCUT2D eigenvalue weighted by Gasteiger charge is -2.23. The van der Waals surface area contributed by atoms with Gasteiger partial charge in [0.05, 0.1) is 27.5 Å². The summed E-state index contributed by atoms with van der Waals surface area (Å²) in [6, 6.07) is 14.7. The van der Waals surface area contributed by atoms with Crippen molar-refractivity contribution in [2.45, 2.75) is 29.2 Å².